The van der Waals surface area contributed by atoms with Crippen molar-refractivity contribution in [1.29, 1.82) is 0 Å². The van der Waals surface area contributed by atoms with E-state index in [1.807, 2.05) is 44.2 Å². The quantitative estimate of drug-likeness (QED) is 0.851. The van der Waals surface area contributed by atoms with Gasteiger partial charge in [-0.25, -0.2) is 4.98 Å². The first-order chi connectivity index (χ1) is 9.13. The van der Waals surface area contributed by atoms with E-state index in [9.17, 15) is 4.79 Å². The number of rotatable bonds is 3. The van der Waals surface area contributed by atoms with Crippen LogP contribution in [0.3, 0.4) is 0 Å². The predicted molar refractivity (Wildman–Crippen MR) is 77.8 cm³/mol. The van der Waals surface area contributed by atoms with Crippen molar-refractivity contribution >= 4 is 17.8 Å². The molecule has 1 aromatic carbocycles. The van der Waals surface area contributed by atoms with Crippen LogP contribution in [0.4, 0.5) is 5.82 Å². The summed E-state index contributed by atoms with van der Waals surface area (Å²) in [5, 5.41) is 2.71. The molecule has 0 spiro atoms. The van der Waals surface area contributed by atoms with Crippen LogP contribution >= 0.6 is 0 Å². The van der Waals surface area contributed by atoms with Gasteiger partial charge in [0.25, 0.3) is 0 Å². The third-order valence-electron chi connectivity index (χ3n) is 2.67. The molecule has 0 saturated heterocycles. The fourth-order valence-electron chi connectivity index (χ4n) is 1.56. The summed E-state index contributed by atoms with van der Waals surface area (Å²) in [6, 6.07) is 11.7. The minimum Gasteiger partial charge on any atom is -0.307 e. The molecule has 3 heteroatoms. The molecule has 0 aliphatic rings. The lowest BCUT2D eigenvalue weighted by atomic mass is 10.1. The van der Waals surface area contributed by atoms with E-state index in [4.69, 9.17) is 0 Å². The Bertz CT molecular complexity index is 583. The Morgan fingerprint density at radius 2 is 1.74 bits per heavy atom. The summed E-state index contributed by atoms with van der Waals surface area (Å²) in [5.41, 5.74) is 3.26. The van der Waals surface area contributed by atoms with Crippen molar-refractivity contribution in [3.63, 3.8) is 0 Å². The van der Waals surface area contributed by atoms with Crippen molar-refractivity contribution in [2.75, 3.05) is 5.32 Å². The molecule has 0 atom stereocenters. The number of anilines is 1. The first kappa shape index (κ1) is 13.0. The Balaban J connectivity index is 1.97. The number of nitrogens with one attached hydrogen (secondary N) is 1. The van der Waals surface area contributed by atoms with Crippen molar-refractivity contribution in [3.05, 3.63) is 65.4 Å². The average Bonchev–Trinajstić information content (AvgIpc) is 2.41. The molecule has 1 N–H and O–H groups in total. The monoisotopic (exact) mass is 252 g/mol. The molecule has 0 aliphatic heterocycles. The molecule has 19 heavy (non-hydrogen) atoms. The first-order valence-corrected chi connectivity index (χ1v) is 6.12. The molecule has 3 nitrogen and oxygen atoms in total. The van der Waals surface area contributed by atoms with Crippen molar-refractivity contribution in [3.8, 4) is 0 Å². The largest absolute Gasteiger partial charge is 0.307 e. The van der Waals surface area contributed by atoms with Gasteiger partial charge in [-0.15, -0.1) is 0 Å². The molecular formula is C16H16N2O. The van der Waals surface area contributed by atoms with E-state index in [0.717, 1.165) is 11.1 Å². The number of benzene rings is 1. The molecular weight excluding hydrogens is 236 g/mol. The molecule has 0 unspecified atom stereocenters. The lowest BCUT2D eigenvalue weighted by Gasteiger charge is -2.01. The van der Waals surface area contributed by atoms with Crippen LogP contribution in [0.25, 0.3) is 6.08 Å². The number of carbonyl (C=O) groups excluding carboxylic acids is 1. The van der Waals surface area contributed by atoms with Gasteiger partial charge in [0.05, 0.1) is 0 Å². The van der Waals surface area contributed by atoms with E-state index in [-0.39, 0.29) is 5.91 Å². The normalized spacial score (nSPS) is 10.6. The van der Waals surface area contributed by atoms with Crippen LogP contribution in [0.5, 0.6) is 0 Å². The topological polar surface area (TPSA) is 42.0 Å². The third-order valence-corrected chi connectivity index (χ3v) is 2.67. The van der Waals surface area contributed by atoms with Gasteiger partial charge in [0, 0.05) is 12.3 Å². The Labute approximate surface area is 113 Å². The summed E-state index contributed by atoms with van der Waals surface area (Å²) < 4.78 is 0. The number of pyridine rings is 1. The number of amides is 1. The van der Waals surface area contributed by atoms with Gasteiger partial charge >= 0.3 is 0 Å². The minimum atomic E-state index is -0.183. The smallest absolute Gasteiger partial charge is 0.249 e. The Kier molecular flexibility index (Phi) is 4.08. The molecule has 1 heterocycles. The number of nitrogens with zero attached hydrogens (tertiary/aromatic N) is 1. The summed E-state index contributed by atoms with van der Waals surface area (Å²) in [7, 11) is 0. The van der Waals surface area contributed by atoms with Crippen LogP contribution < -0.4 is 5.32 Å². The number of hydrogen-bond donors (Lipinski definition) is 1. The van der Waals surface area contributed by atoms with E-state index in [0.29, 0.717) is 5.82 Å². The maximum atomic E-state index is 11.7. The van der Waals surface area contributed by atoms with Gasteiger partial charge in [-0.05, 0) is 37.1 Å². The molecule has 1 aromatic heterocycles. The average molecular weight is 252 g/mol. The van der Waals surface area contributed by atoms with Gasteiger partial charge < -0.3 is 5.32 Å². The SMILES string of the molecule is Cc1ccc(C=CC(=O)Nc2ccc(C)cn2)cc1. The lowest BCUT2D eigenvalue weighted by molar-refractivity contribution is -0.111. The molecule has 0 saturated carbocycles. The van der Waals surface area contributed by atoms with Gasteiger partial charge in [0.1, 0.15) is 5.82 Å². The van der Waals surface area contributed by atoms with E-state index in [2.05, 4.69) is 10.3 Å². The van der Waals surface area contributed by atoms with E-state index in [1.165, 1.54) is 11.6 Å². The number of aryl methyl sites for hydroxylation is 2. The Morgan fingerprint density at radius 3 is 2.37 bits per heavy atom. The first-order valence-electron chi connectivity index (χ1n) is 6.12. The van der Waals surface area contributed by atoms with Gasteiger partial charge in [-0.1, -0.05) is 35.9 Å². The van der Waals surface area contributed by atoms with Crippen LogP contribution in [-0.2, 0) is 4.79 Å². The Hall–Kier alpha value is -2.42. The van der Waals surface area contributed by atoms with Crippen LogP contribution in [0.1, 0.15) is 16.7 Å². The van der Waals surface area contributed by atoms with E-state index < -0.39 is 0 Å². The van der Waals surface area contributed by atoms with Crippen LogP contribution in [0.15, 0.2) is 48.7 Å². The predicted octanol–water partition coefficient (Wildman–Crippen LogP) is 3.35. The maximum Gasteiger partial charge on any atom is 0.249 e. The van der Waals surface area contributed by atoms with E-state index in [1.54, 1.807) is 18.3 Å². The molecule has 0 radical (unpaired) electrons. The number of carbonyl (C=O) groups is 1. The maximum absolute atomic E-state index is 11.7. The molecule has 2 aromatic rings. The van der Waals surface area contributed by atoms with Crippen molar-refractivity contribution in [1.82, 2.24) is 4.98 Å². The molecule has 0 bridgehead atoms. The number of hydrogen-bond acceptors (Lipinski definition) is 2. The molecule has 96 valence electrons. The number of aromatic nitrogens is 1. The minimum absolute atomic E-state index is 0.183. The fraction of sp³-hybridized carbons (Fsp3) is 0.125. The Morgan fingerprint density at radius 1 is 1.05 bits per heavy atom. The van der Waals surface area contributed by atoms with Crippen molar-refractivity contribution in [2.24, 2.45) is 0 Å². The van der Waals surface area contributed by atoms with Gasteiger partial charge in [-0.3, -0.25) is 4.79 Å². The van der Waals surface area contributed by atoms with Gasteiger partial charge in [-0.2, -0.15) is 0 Å². The zero-order valence-corrected chi connectivity index (χ0v) is 11.1. The van der Waals surface area contributed by atoms with Crippen molar-refractivity contribution in [2.45, 2.75) is 13.8 Å². The summed E-state index contributed by atoms with van der Waals surface area (Å²) in [6.07, 6.45) is 5.01. The van der Waals surface area contributed by atoms with Crippen LogP contribution in [-0.4, -0.2) is 10.9 Å². The second-order valence-corrected chi connectivity index (χ2v) is 4.45. The van der Waals surface area contributed by atoms with Crippen LogP contribution in [0, 0.1) is 13.8 Å². The highest BCUT2D eigenvalue weighted by atomic mass is 16.1. The third kappa shape index (κ3) is 4.07. The highest BCUT2D eigenvalue weighted by molar-refractivity contribution is 6.01. The summed E-state index contributed by atoms with van der Waals surface area (Å²) in [5.74, 6) is 0.376. The molecule has 0 aliphatic carbocycles. The molecule has 2 rings (SSSR count). The standard InChI is InChI=1S/C16H16N2O/c1-12-3-6-14(7-4-12)8-10-16(19)18-15-9-5-13(2)11-17-15/h3-11H,1-2H3,(H,17,18,19). The highest BCUT2D eigenvalue weighted by Crippen LogP contribution is 2.06. The zero-order valence-electron chi connectivity index (χ0n) is 11.1. The fourth-order valence-corrected chi connectivity index (χ4v) is 1.56. The van der Waals surface area contributed by atoms with Gasteiger partial charge in [0.15, 0.2) is 0 Å². The molecule has 1 amide bonds. The summed E-state index contributed by atoms with van der Waals surface area (Å²) in [6.45, 7) is 3.99. The van der Waals surface area contributed by atoms with Gasteiger partial charge in [0.2, 0.25) is 5.91 Å². The summed E-state index contributed by atoms with van der Waals surface area (Å²) >= 11 is 0. The second-order valence-electron chi connectivity index (χ2n) is 4.45. The van der Waals surface area contributed by atoms with Crippen LogP contribution in [0.2, 0.25) is 0 Å². The molecule has 0 fully saturated rings. The lowest BCUT2D eigenvalue weighted by Crippen LogP contribution is -2.08. The second kappa shape index (κ2) is 5.96. The highest BCUT2D eigenvalue weighted by Gasteiger charge is 1.98. The summed E-state index contributed by atoms with van der Waals surface area (Å²) in [4.78, 5) is 15.8. The van der Waals surface area contributed by atoms with Crippen molar-refractivity contribution < 1.29 is 4.79 Å². The van der Waals surface area contributed by atoms with E-state index >= 15 is 0 Å². The zero-order chi connectivity index (χ0) is 13.7.